The molecule has 6 heteroatoms. The number of hydrogen-bond acceptors (Lipinski definition) is 3. The minimum Gasteiger partial charge on any atom is -0.312 e. The summed E-state index contributed by atoms with van der Waals surface area (Å²) in [5.41, 5.74) is 1.94. The summed E-state index contributed by atoms with van der Waals surface area (Å²) in [5.74, 6) is 2.94. The van der Waals surface area contributed by atoms with Gasteiger partial charge in [-0.1, -0.05) is 0 Å². The smallest absolute Gasteiger partial charge is 0.160 e. The van der Waals surface area contributed by atoms with Crippen molar-refractivity contribution in [3.8, 4) is 0 Å². The number of nitrogens with zero attached hydrogens (tertiary/aromatic N) is 3. The van der Waals surface area contributed by atoms with Crippen LogP contribution in [0.15, 0.2) is 16.7 Å². The molecule has 3 rings (SSSR count). The zero-order valence-corrected chi connectivity index (χ0v) is 13.6. The van der Waals surface area contributed by atoms with Crippen LogP contribution in [0.5, 0.6) is 0 Å². The van der Waals surface area contributed by atoms with Crippen molar-refractivity contribution >= 4 is 50.5 Å². The van der Waals surface area contributed by atoms with E-state index in [0.717, 1.165) is 34.4 Å². The Balaban J connectivity index is 2.00. The van der Waals surface area contributed by atoms with Gasteiger partial charge in [0.05, 0.1) is 0 Å². The minimum atomic E-state index is 0.600. The van der Waals surface area contributed by atoms with Crippen molar-refractivity contribution in [1.29, 1.82) is 0 Å². The maximum absolute atomic E-state index is 5.90. The number of fused-ring (bicyclic) bond motifs is 1. The van der Waals surface area contributed by atoms with Crippen molar-refractivity contribution in [2.75, 3.05) is 11.6 Å². The molecule has 1 aliphatic heterocycles. The van der Waals surface area contributed by atoms with Crippen molar-refractivity contribution < 1.29 is 0 Å². The van der Waals surface area contributed by atoms with Gasteiger partial charge in [-0.2, -0.15) is 11.8 Å². The van der Waals surface area contributed by atoms with Crippen LogP contribution in [0.2, 0.25) is 0 Å². The van der Waals surface area contributed by atoms with E-state index in [1.54, 1.807) is 0 Å². The zero-order chi connectivity index (χ0) is 13.2. The Bertz CT molecular complexity index is 581. The molecule has 0 N–H and O–H groups in total. The van der Waals surface area contributed by atoms with Crippen LogP contribution < -0.4 is 0 Å². The normalized spacial score (nSPS) is 19.4. The van der Waals surface area contributed by atoms with Gasteiger partial charge in [0.1, 0.15) is 11.3 Å². The lowest BCUT2D eigenvalue weighted by Crippen LogP contribution is -2.13. The van der Waals surface area contributed by atoms with Crippen molar-refractivity contribution in [3.05, 3.63) is 22.6 Å². The Morgan fingerprint density at radius 2 is 2.42 bits per heavy atom. The molecule has 3 nitrogen and oxygen atoms in total. The van der Waals surface area contributed by atoms with E-state index in [4.69, 9.17) is 11.6 Å². The highest BCUT2D eigenvalue weighted by atomic mass is 79.9. The summed E-state index contributed by atoms with van der Waals surface area (Å²) in [6.07, 6.45) is 5.26. The first-order valence-electron chi connectivity index (χ1n) is 6.46. The van der Waals surface area contributed by atoms with E-state index >= 15 is 0 Å². The number of halogens is 2. The van der Waals surface area contributed by atoms with E-state index in [9.17, 15) is 0 Å². The number of pyridine rings is 1. The van der Waals surface area contributed by atoms with Crippen LogP contribution in [0.1, 0.15) is 18.7 Å². The molecule has 0 bridgehead atoms. The van der Waals surface area contributed by atoms with Gasteiger partial charge in [0.2, 0.25) is 0 Å². The van der Waals surface area contributed by atoms with Crippen molar-refractivity contribution in [2.45, 2.75) is 31.1 Å². The predicted octanol–water partition coefficient (Wildman–Crippen LogP) is 3.87. The fourth-order valence-electron chi connectivity index (χ4n) is 2.49. The van der Waals surface area contributed by atoms with Crippen LogP contribution in [0, 0.1) is 0 Å². The van der Waals surface area contributed by atoms with Gasteiger partial charge < -0.3 is 4.57 Å². The Kier molecular flexibility index (Phi) is 4.34. The lowest BCUT2D eigenvalue weighted by Gasteiger charge is -2.12. The lowest BCUT2D eigenvalue weighted by atomic mass is 10.2. The second-order valence-electron chi connectivity index (χ2n) is 4.71. The zero-order valence-electron chi connectivity index (χ0n) is 10.5. The number of hydrogen-bond donors (Lipinski definition) is 0. The fourth-order valence-corrected chi connectivity index (χ4v) is 4.24. The number of alkyl halides is 1. The van der Waals surface area contributed by atoms with Crippen LogP contribution in [-0.4, -0.2) is 31.4 Å². The summed E-state index contributed by atoms with van der Waals surface area (Å²) in [6.45, 7) is 1.00. The van der Waals surface area contributed by atoms with E-state index in [1.807, 2.05) is 12.3 Å². The first kappa shape index (κ1) is 13.7. The largest absolute Gasteiger partial charge is 0.312 e. The fraction of sp³-hybridized carbons (Fsp3) is 0.538. The van der Waals surface area contributed by atoms with Gasteiger partial charge in [-0.05, 0) is 40.6 Å². The summed E-state index contributed by atoms with van der Waals surface area (Å²) in [5, 5.41) is 0.692. The predicted molar refractivity (Wildman–Crippen MR) is 85.1 cm³/mol. The third-order valence-electron chi connectivity index (χ3n) is 3.36. The minimum absolute atomic E-state index is 0.600. The molecule has 102 valence electrons. The third kappa shape index (κ3) is 2.93. The molecule has 0 radical (unpaired) electrons. The average molecular weight is 361 g/mol. The molecule has 0 aliphatic carbocycles. The first-order chi connectivity index (χ1) is 9.28. The summed E-state index contributed by atoms with van der Waals surface area (Å²) in [4.78, 5) is 9.21. The van der Waals surface area contributed by atoms with E-state index in [-0.39, 0.29) is 0 Å². The molecule has 0 spiro atoms. The Morgan fingerprint density at radius 3 is 3.16 bits per heavy atom. The number of rotatable bonds is 4. The molecule has 2 aromatic heterocycles. The van der Waals surface area contributed by atoms with Gasteiger partial charge in [0.25, 0.3) is 0 Å². The van der Waals surface area contributed by atoms with Crippen LogP contribution in [0.25, 0.3) is 11.2 Å². The monoisotopic (exact) mass is 359 g/mol. The van der Waals surface area contributed by atoms with Crippen LogP contribution >= 0.6 is 39.3 Å². The van der Waals surface area contributed by atoms with E-state index in [1.165, 1.54) is 18.6 Å². The quantitative estimate of drug-likeness (QED) is 0.775. The Labute approximate surface area is 130 Å². The molecule has 1 atom stereocenters. The highest BCUT2D eigenvalue weighted by molar-refractivity contribution is 9.10. The maximum atomic E-state index is 5.90. The molecule has 3 heterocycles. The summed E-state index contributed by atoms with van der Waals surface area (Å²) >= 11 is 11.4. The molecule has 0 amide bonds. The summed E-state index contributed by atoms with van der Waals surface area (Å²) < 4.78 is 3.23. The molecule has 1 unspecified atom stereocenters. The van der Waals surface area contributed by atoms with Gasteiger partial charge in [-0.25, -0.2) is 9.97 Å². The van der Waals surface area contributed by atoms with Gasteiger partial charge in [-0.3, -0.25) is 0 Å². The lowest BCUT2D eigenvalue weighted by molar-refractivity contribution is 0.623. The van der Waals surface area contributed by atoms with Crippen LogP contribution in [-0.2, 0) is 13.0 Å². The maximum Gasteiger partial charge on any atom is 0.160 e. The second-order valence-corrected chi connectivity index (χ2v) is 7.41. The second kappa shape index (κ2) is 6.02. The standard InChI is InChI=1S/C13H15BrClN3S/c14-9-6-11-13(16-7-9)18(12(17-11)3-4-15)8-10-2-1-5-19-10/h6-7,10H,1-5,8H2. The van der Waals surface area contributed by atoms with Crippen LogP contribution in [0.3, 0.4) is 0 Å². The molecule has 1 saturated heterocycles. The van der Waals surface area contributed by atoms with Gasteiger partial charge in [-0.15, -0.1) is 11.6 Å². The third-order valence-corrected chi connectivity index (χ3v) is 5.36. The number of aromatic nitrogens is 3. The summed E-state index contributed by atoms with van der Waals surface area (Å²) in [6, 6.07) is 2.03. The van der Waals surface area contributed by atoms with Crippen LogP contribution in [0.4, 0.5) is 0 Å². The molecule has 1 aliphatic rings. The highest BCUT2D eigenvalue weighted by Gasteiger charge is 2.20. The van der Waals surface area contributed by atoms with Crippen molar-refractivity contribution in [1.82, 2.24) is 14.5 Å². The first-order valence-corrected chi connectivity index (χ1v) is 8.84. The number of aryl methyl sites for hydroxylation is 1. The van der Waals surface area contributed by atoms with E-state index < -0.39 is 0 Å². The molecule has 19 heavy (non-hydrogen) atoms. The summed E-state index contributed by atoms with van der Waals surface area (Å²) in [7, 11) is 0. The number of thioether (sulfide) groups is 1. The molecular weight excluding hydrogens is 346 g/mol. The number of imidazole rings is 1. The Morgan fingerprint density at radius 1 is 1.53 bits per heavy atom. The molecule has 1 fully saturated rings. The van der Waals surface area contributed by atoms with Gasteiger partial charge in [0.15, 0.2) is 5.65 Å². The molecule has 2 aromatic rings. The van der Waals surface area contributed by atoms with E-state index in [2.05, 4.69) is 42.2 Å². The molecular formula is C13H15BrClN3S. The Hall–Kier alpha value is -0.260. The SMILES string of the molecule is ClCCc1nc2cc(Br)cnc2n1CC1CCCS1. The highest BCUT2D eigenvalue weighted by Crippen LogP contribution is 2.29. The van der Waals surface area contributed by atoms with E-state index in [0.29, 0.717) is 11.1 Å². The average Bonchev–Trinajstić information content (AvgIpc) is 2.99. The van der Waals surface area contributed by atoms with Crippen molar-refractivity contribution in [2.24, 2.45) is 0 Å². The van der Waals surface area contributed by atoms with Gasteiger partial charge in [0, 0.05) is 34.8 Å². The molecule has 0 aromatic carbocycles. The molecule has 0 saturated carbocycles. The van der Waals surface area contributed by atoms with Crippen molar-refractivity contribution in [3.63, 3.8) is 0 Å². The topological polar surface area (TPSA) is 30.7 Å². The van der Waals surface area contributed by atoms with Gasteiger partial charge >= 0.3 is 0 Å².